The molecule has 2 heterocycles. The third-order valence-electron chi connectivity index (χ3n) is 2.11. The third-order valence-corrected chi connectivity index (χ3v) is 2.42. The molecule has 1 aliphatic rings. The molecule has 0 bridgehead atoms. The highest BCUT2D eigenvalue weighted by molar-refractivity contribution is 6.32. The molecule has 2 rings (SSSR count). The summed E-state index contributed by atoms with van der Waals surface area (Å²) >= 11 is 6.04. The fraction of sp³-hybridized carbons (Fsp3) is 0.444. The van der Waals surface area contributed by atoms with Crippen molar-refractivity contribution in [1.29, 1.82) is 0 Å². The molecule has 0 radical (unpaired) electrons. The van der Waals surface area contributed by atoms with Crippen molar-refractivity contribution in [2.45, 2.75) is 0 Å². The molecule has 1 fully saturated rings. The van der Waals surface area contributed by atoms with Crippen LogP contribution >= 0.6 is 11.6 Å². The zero-order valence-electron chi connectivity index (χ0n) is 7.29. The van der Waals surface area contributed by atoms with Crippen LogP contribution < -0.4 is 9.88 Å². The second-order valence-electron chi connectivity index (χ2n) is 2.97. The highest BCUT2D eigenvalue weighted by atomic mass is 35.5. The molecule has 0 saturated carbocycles. The standard InChI is InChI=1S/C9H11ClN2O/c10-8-2-1-3-11-9(8)12-4-6-13-7-5-12/h1-3H,4-7H2/p+1. The van der Waals surface area contributed by atoms with E-state index in [0.717, 1.165) is 37.1 Å². The van der Waals surface area contributed by atoms with E-state index >= 15 is 0 Å². The number of pyridine rings is 1. The Bertz CT molecular complexity index is 287. The Kier molecular flexibility index (Phi) is 2.66. The van der Waals surface area contributed by atoms with Gasteiger partial charge >= 0.3 is 0 Å². The van der Waals surface area contributed by atoms with Gasteiger partial charge in [0.15, 0.2) is 0 Å². The lowest BCUT2D eigenvalue weighted by Crippen LogP contribution is -2.39. The number of anilines is 1. The van der Waals surface area contributed by atoms with E-state index in [1.807, 2.05) is 18.3 Å². The maximum atomic E-state index is 6.04. The van der Waals surface area contributed by atoms with Crippen LogP contribution in [-0.2, 0) is 4.74 Å². The summed E-state index contributed by atoms with van der Waals surface area (Å²) in [6.07, 6.45) is 1.89. The highest BCUT2D eigenvalue weighted by Crippen LogP contribution is 2.19. The molecule has 1 saturated heterocycles. The number of hydrogen-bond acceptors (Lipinski definition) is 2. The van der Waals surface area contributed by atoms with Crippen molar-refractivity contribution >= 4 is 17.4 Å². The van der Waals surface area contributed by atoms with Crippen LogP contribution in [0.25, 0.3) is 0 Å². The van der Waals surface area contributed by atoms with Crippen LogP contribution in [0.5, 0.6) is 0 Å². The van der Waals surface area contributed by atoms with Crippen LogP contribution in [0.15, 0.2) is 18.3 Å². The largest absolute Gasteiger partial charge is 0.373 e. The molecule has 13 heavy (non-hydrogen) atoms. The van der Waals surface area contributed by atoms with Crippen molar-refractivity contribution in [3.05, 3.63) is 23.4 Å². The smallest absolute Gasteiger partial charge is 0.293 e. The molecule has 0 aromatic carbocycles. The summed E-state index contributed by atoms with van der Waals surface area (Å²) in [4.78, 5) is 5.35. The Morgan fingerprint density at radius 2 is 2.15 bits per heavy atom. The Morgan fingerprint density at radius 1 is 1.38 bits per heavy atom. The number of hydrogen-bond donors (Lipinski definition) is 0. The van der Waals surface area contributed by atoms with Crippen molar-refractivity contribution < 1.29 is 9.72 Å². The SMILES string of the molecule is Clc1ccc[nH+]c1N1CCOCC1. The van der Waals surface area contributed by atoms with Crippen molar-refractivity contribution in [2.75, 3.05) is 31.2 Å². The number of H-pyrrole nitrogens is 1. The van der Waals surface area contributed by atoms with Crippen molar-refractivity contribution in [3.63, 3.8) is 0 Å². The first kappa shape index (κ1) is 8.78. The molecular weight excluding hydrogens is 188 g/mol. The second kappa shape index (κ2) is 3.94. The predicted molar refractivity (Wildman–Crippen MR) is 51.0 cm³/mol. The van der Waals surface area contributed by atoms with Gasteiger partial charge in [0.05, 0.1) is 19.4 Å². The third kappa shape index (κ3) is 1.92. The normalized spacial score (nSPS) is 17.5. The number of morpholine rings is 1. The molecule has 1 aliphatic heterocycles. The second-order valence-corrected chi connectivity index (χ2v) is 3.37. The number of halogens is 1. The van der Waals surface area contributed by atoms with Crippen molar-refractivity contribution in [2.24, 2.45) is 0 Å². The van der Waals surface area contributed by atoms with E-state index in [2.05, 4.69) is 9.88 Å². The van der Waals surface area contributed by atoms with Gasteiger partial charge in [-0.3, -0.25) is 4.90 Å². The molecule has 0 unspecified atom stereocenters. The minimum Gasteiger partial charge on any atom is -0.373 e. The highest BCUT2D eigenvalue weighted by Gasteiger charge is 2.21. The van der Waals surface area contributed by atoms with Crippen LogP contribution in [-0.4, -0.2) is 26.3 Å². The number of nitrogens with one attached hydrogen (secondary N) is 1. The first-order chi connectivity index (χ1) is 6.38. The molecule has 0 aliphatic carbocycles. The molecule has 0 atom stereocenters. The summed E-state index contributed by atoms with van der Waals surface area (Å²) < 4.78 is 5.26. The van der Waals surface area contributed by atoms with Crippen LogP contribution in [0.2, 0.25) is 5.02 Å². The molecule has 4 heteroatoms. The lowest BCUT2D eigenvalue weighted by Gasteiger charge is -2.21. The van der Waals surface area contributed by atoms with Gasteiger partial charge in [-0.2, -0.15) is 0 Å². The molecule has 0 spiro atoms. The number of nitrogens with zero attached hydrogens (tertiary/aromatic N) is 1. The van der Waals surface area contributed by atoms with Gasteiger partial charge in [-0.15, -0.1) is 0 Å². The number of rotatable bonds is 1. The van der Waals surface area contributed by atoms with Gasteiger partial charge in [-0.25, -0.2) is 4.98 Å². The fourth-order valence-electron chi connectivity index (χ4n) is 1.44. The summed E-state index contributed by atoms with van der Waals surface area (Å²) in [7, 11) is 0. The molecule has 3 nitrogen and oxygen atoms in total. The maximum absolute atomic E-state index is 6.04. The zero-order valence-corrected chi connectivity index (χ0v) is 8.05. The first-order valence-corrected chi connectivity index (χ1v) is 4.74. The van der Waals surface area contributed by atoms with Crippen LogP contribution in [0.1, 0.15) is 0 Å². The summed E-state index contributed by atoms with van der Waals surface area (Å²) in [6.45, 7) is 3.36. The van der Waals surface area contributed by atoms with Crippen LogP contribution in [0.4, 0.5) is 5.82 Å². The van der Waals surface area contributed by atoms with Gasteiger partial charge in [0.25, 0.3) is 5.82 Å². The van der Waals surface area contributed by atoms with E-state index in [1.165, 1.54) is 0 Å². The van der Waals surface area contributed by atoms with Gasteiger partial charge in [0.2, 0.25) is 0 Å². The lowest BCUT2D eigenvalue weighted by molar-refractivity contribution is -0.364. The van der Waals surface area contributed by atoms with Crippen molar-refractivity contribution in [1.82, 2.24) is 0 Å². The topological polar surface area (TPSA) is 26.6 Å². The summed E-state index contributed by atoms with van der Waals surface area (Å²) in [5.41, 5.74) is 0. The number of aromatic nitrogens is 1. The molecule has 70 valence electrons. The lowest BCUT2D eigenvalue weighted by atomic mass is 10.4. The fourth-order valence-corrected chi connectivity index (χ4v) is 1.68. The summed E-state index contributed by atoms with van der Waals surface area (Å²) in [5.74, 6) is 0.993. The average molecular weight is 200 g/mol. The molecule has 1 aromatic rings. The maximum Gasteiger partial charge on any atom is 0.293 e. The van der Waals surface area contributed by atoms with Gasteiger partial charge in [-0.1, -0.05) is 11.6 Å². The minimum atomic E-state index is 0.768. The molecule has 1 N–H and O–H groups in total. The zero-order chi connectivity index (χ0) is 9.10. The quantitative estimate of drug-likeness (QED) is 0.675. The van der Waals surface area contributed by atoms with Gasteiger partial charge in [0, 0.05) is 0 Å². The van der Waals surface area contributed by atoms with E-state index in [4.69, 9.17) is 16.3 Å². The predicted octanol–water partition coefficient (Wildman–Crippen LogP) is 0.991. The van der Waals surface area contributed by atoms with E-state index in [0.29, 0.717) is 0 Å². The van der Waals surface area contributed by atoms with E-state index in [-0.39, 0.29) is 0 Å². The monoisotopic (exact) mass is 199 g/mol. The van der Waals surface area contributed by atoms with Gasteiger partial charge in [0.1, 0.15) is 18.1 Å². The van der Waals surface area contributed by atoms with E-state index in [9.17, 15) is 0 Å². The summed E-state index contributed by atoms with van der Waals surface area (Å²) in [6, 6.07) is 3.79. The number of ether oxygens (including phenoxy) is 1. The summed E-state index contributed by atoms with van der Waals surface area (Å²) in [5, 5.41) is 0.768. The minimum absolute atomic E-state index is 0.768. The van der Waals surface area contributed by atoms with Crippen molar-refractivity contribution in [3.8, 4) is 0 Å². The van der Waals surface area contributed by atoms with Crippen LogP contribution in [0, 0.1) is 0 Å². The molecule has 1 aromatic heterocycles. The molecule has 0 amide bonds. The Morgan fingerprint density at radius 3 is 2.85 bits per heavy atom. The van der Waals surface area contributed by atoms with E-state index < -0.39 is 0 Å². The van der Waals surface area contributed by atoms with E-state index in [1.54, 1.807) is 0 Å². The Hall–Kier alpha value is -0.800. The van der Waals surface area contributed by atoms with Crippen LogP contribution in [0.3, 0.4) is 0 Å². The average Bonchev–Trinajstić information content (AvgIpc) is 2.20. The van der Waals surface area contributed by atoms with Gasteiger partial charge < -0.3 is 4.74 Å². The Labute approximate surface area is 82.3 Å². The molecular formula is C9H12ClN2O+. The van der Waals surface area contributed by atoms with Gasteiger partial charge in [-0.05, 0) is 12.1 Å². The first-order valence-electron chi connectivity index (χ1n) is 4.37. The number of aromatic amines is 1. The Balaban J connectivity index is 2.18.